The van der Waals surface area contributed by atoms with E-state index < -0.39 is 12.1 Å². The second-order valence-corrected chi connectivity index (χ2v) is 6.96. The minimum absolute atomic E-state index is 0.0382. The number of aromatic nitrogens is 1. The number of nitrogens with zero attached hydrogens (tertiary/aromatic N) is 2. The number of nitrogens with two attached hydrogens (primary N) is 1. The van der Waals surface area contributed by atoms with Crippen LogP contribution in [0, 0.1) is 0 Å². The van der Waals surface area contributed by atoms with Crippen molar-refractivity contribution in [3.05, 3.63) is 70.7 Å². The molecule has 2 aliphatic rings. The van der Waals surface area contributed by atoms with Gasteiger partial charge < -0.3 is 15.4 Å². The predicted octanol–water partition coefficient (Wildman–Crippen LogP) is 2.74. The Hall–Kier alpha value is -3.07. The highest BCUT2D eigenvalue weighted by Gasteiger charge is 2.38. The van der Waals surface area contributed by atoms with Gasteiger partial charge in [0.05, 0.1) is 17.4 Å². The van der Waals surface area contributed by atoms with Crippen LogP contribution in [0.4, 0.5) is 13.2 Å². The summed E-state index contributed by atoms with van der Waals surface area (Å²) in [4.78, 5) is 23.8. The average Bonchev–Trinajstić information content (AvgIpc) is 3.02. The SMILES string of the molecule is CN1CCc2cn(Cc3ccccc3)c3c2C1C=C(N)C3=O.O=C(O)C(F)(F)F. The molecule has 9 heteroatoms. The maximum absolute atomic E-state index is 12.6. The summed E-state index contributed by atoms with van der Waals surface area (Å²) in [5.74, 6) is -2.80. The molecule has 29 heavy (non-hydrogen) atoms. The number of hydrogen-bond donors (Lipinski definition) is 2. The maximum atomic E-state index is 12.6. The van der Waals surface area contributed by atoms with Crippen molar-refractivity contribution < 1.29 is 27.9 Å². The van der Waals surface area contributed by atoms with E-state index in [-0.39, 0.29) is 11.8 Å². The molecule has 154 valence electrons. The zero-order chi connectivity index (χ0) is 21.3. The van der Waals surface area contributed by atoms with E-state index >= 15 is 0 Å². The van der Waals surface area contributed by atoms with Crippen molar-refractivity contribution in [2.45, 2.75) is 25.2 Å². The number of carbonyl (C=O) groups excluding carboxylic acids is 1. The third-order valence-electron chi connectivity index (χ3n) is 4.96. The minimum Gasteiger partial charge on any atom is -0.475 e. The number of halogens is 3. The molecule has 0 saturated heterocycles. The summed E-state index contributed by atoms with van der Waals surface area (Å²) in [5.41, 5.74) is 10.8. The molecule has 2 heterocycles. The van der Waals surface area contributed by atoms with Crippen LogP contribution in [0.1, 0.15) is 33.2 Å². The summed E-state index contributed by atoms with van der Waals surface area (Å²) < 4.78 is 33.8. The molecule has 0 radical (unpaired) electrons. The van der Waals surface area contributed by atoms with Gasteiger partial charge in [-0.2, -0.15) is 13.2 Å². The first-order valence-electron chi connectivity index (χ1n) is 8.87. The number of ketones is 1. The van der Waals surface area contributed by atoms with Crippen molar-refractivity contribution in [3.63, 3.8) is 0 Å². The van der Waals surface area contributed by atoms with Gasteiger partial charge in [-0.25, -0.2) is 4.79 Å². The lowest BCUT2D eigenvalue weighted by molar-refractivity contribution is -0.192. The van der Waals surface area contributed by atoms with Crippen LogP contribution in [-0.4, -0.2) is 46.1 Å². The summed E-state index contributed by atoms with van der Waals surface area (Å²) in [6, 6.07) is 10.4. The molecule has 3 N–H and O–H groups in total. The van der Waals surface area contributed by atoms with Crippen LogP contribution in [0.25, 0.3) is 0 Å². The van der Waals surface area contributed by atoms with Crippen LogP contribution in [0.15, 0.2) is 48.3 Å². The summed E-state index contributed by atoms with van der Waals surface area (Å²) in [6.07, 6.45) is -0.0552. The molecule has 4 rings (SSSR count). The molecular weight excluding hydrogens is 387 g/mol. The number of carbonyl (C=O) groups is 2. The van der Waals surface area contributed by atoms with E-state index in [9.17, 15) is 18.0 Å². The van der Waals surface area contributed by atoms with Gasteiger partial charge >= 0.3 is 12.1 Å². The zero-order valence-corrected chi connectivity index (χ0v) is 15.6. The van der Waals surface area contributed by atoms with Crippen LogP contribution in [-0.2, 0) is 17.8 Å². The van der Waals surface area contributed by atoms with Gasteiger partial charge in [0.15, 0.2) is 0 Å². The fourth-order valence-corrected chi connectivity index (χ4v) is 3.57. The number of carboxylic acids is 1. The molecule has 0 bridgehead atoms. The van der Waals surface area contributed by atoms with Gasteiger partial charge in [0.1, 0.15) is 0 Å². The molecule has 1 aliphatic carbocycles. The first kappa shape index (κ1) is 20.7. The Morgan fingerprint density at radius 2 is 1.90 bits per heavy atom. The molecule has 2 aromatic rings. The van der Waals surface area contributed by atoms with Crippen molar-refractivity contribution in [1.29, 1.82) is 0 Å². The van der Waals surface area contributed by atoms with Gasteiger partial charge in [0.25, 0.3) is 0 Å². The van der Waals surface area contributed by atoms with Crippen molar-refractivity contribution in [2.24, 2.45) is 5.73 Å². The zero-order valence-electron chi connectivity index (χ0n) is 15.6. The molecule has 1 aliphatic heterocycles. The number of likely N-dealkylation sites (N-methyl/N-ethyl adjacent to an activating group) is 1. The van der Waals surface area contributed by atoms with E-state index in [1.165, 1.54) is 11.1 Å². The van der Waals surface area contributed by atoms with E-state index in [4.69, 9.17) is 15.6 Å². The molecule has 0 fully saturated rings. The third kappa shape index (κ3) is 4.19. The number of hydrogen-bond acceptors (Lipinski definition) is 4. The summed E-state index contributed by atoms with van der Waals surface area (Å²) >= 11 is 0. The number of alkyl halides is 3. The van der Waals surface area contributed by atoms with Gasteiger partial charge in [-0.1, -0.05) is 30.3 Å². The highest BCUT2D eigenvalue weighted by atomic mass is 19.4. The molecule has 1 atom stereocenters. The van der Waals surface area contributed by atoms with Crippen LogP contribution >= 0.6 is 0 Å². The Morgan fingerprint density at radius 1 is 1.28 bits per heavy atom. The number of aliphatic carboxylic acids is 1. The smallest absolute Gasteiger partial charge is 0.475 e. The van der Waals surface area contributed by atoms with Crippen LogP contribution in [0.2, 0.25) is 0 Å². The lowest BCUT2D eigenvalue weighted by atomic mass is 9.88. The lowest BCUT2D eigenvalue weighted by Gasteiger charge is -2.33. The molecule has 1 aromatic carbocycles. The number of benzene rings is 1. The first-order valence-corrected chi connectivity index (χ1v) is 8.87. The highest BCUT2D eigenvalue weighted by molar-refractivity contribution is 6.09. The highest BCUT2D eigenvalue weighted by Crippen LogP contribution is 2.38. The Kier molecular flexibility index (Phi) is 5.52. The largest absolute Gasteiger partial charge is 0.490 e. The van der Waals surface area contributed by atoms with Crippen LogP contribution < -0.4 is 5.73 Å². The lowest BCUT2D eigenvalue weighted by Crippen LogP contribution is -2.35. The fraction of sp³-hybridized carbons (Fsp3) is 0.300. The van der Waals surface area contributed by atoms with Crippen LogP contribution in [0.5, 0.6) is 0 Å². The van der Waals surface area contributed by atoms with Crippen molar-refractivity contribution >= 4 is 11.8 Å². The van der Waals surface area contributed by atoms with E-state index in [1.54, 1.807) is 0 Å². The van der Waals surface area contributed by atoms with Crippen molar-refractivity contribution in [3.8, 4) is 0 Å². The minimum atomic E-state index is -5.08. The molecule has 0 amide bonds. The summed E-state index contributed by atoms with van der Waals surface area (Å²) in [6.45, 7) is 1.70. The molecule has 1 unspecified atom stereocenters. The number of allylic oxidation sites excluding steroid dienone is 1. The van der Waals surface area contributed by atoms with Crippen molar-refractivity contribution in [2.75, 3.05) is 13.6 Å². The normalized spacial score (nSPS) is 18.4. The molecule has 0 spiro atoms. The fourth-order valence-electron chi connectivity index (χ4n) is 3.57. The van der Waals surface area contributed by atoms with Crippen molar-refractivity contribution in [1.82, 2.24) is 9.47 Å². The van der Waals surface area contributed by atoms with Gasteiger partial charge in [0.2, 0.25) is 5.78 Å². The standard InChI is InChI=1S/C18H19N3O.C2HF3O2/c1-20-8-7-13-11-21(10-12-5-3-2-4-6-12)17-16(13)15(20)9-14(19)18(17)22;3-2(4,5)1(6)7/h2-6,9,11,15H,7-8,10,19H2,1H3;(H,6,7). The predicted molar refractivity (Wildman–Crippen MR) is 99.3 cm³/mol. The Balaban J connectivity index is 0.000000298. The van der Waals surface area contributed by atoms with E-state index in [1.807, 2.05) is 24.3 Å². The Labute approximate surface area is 165 Å². The topological polar surface area (TPSA) is 88.6 Å². The third-order valence-corrected chi connectivity index (χ3v) is 4.96. The number of Topliss-reactive ketones (excluding diaryl/α,β-unsaturated/α-hetero) is 1. The van der Waals surface area contributed by atoms with E-state index in [0.717, 1.165) is 24.2 Å². The first-order chi connectivity index (χ1) is 13.6. The monoisotopic (exact) mass is 407 g/mol. The molecule has 6 nitrogen and oxygen atoms in total. The summed E-state index contributed by atoms with van der Waals surface area (Å²) in [5, 5.41) is 7.12. The number of carboxylic acid groups (broad SMARTS) is 1. The molecular formula is C20H20F3N3O3. The average molecular weight is 407 g/mol. The van der Waals surface area contributed by atoms with Gasteiger partial charge in [-0.3, -0.25) is 9.69 Å². The Bertz CT molecular complexity index is 965. The quantitative estimate of drug-likeness (QED) is 0.799. The Morgan fingerprint density at radius 3 is 2.48 bits per heavy atom. The molecule has 0 saturated carbocycles. The van der Waals surface area contributed by atoms with Gasteiger partial charge in [0, 0.05) is 24.8 Å². The number of rotatable bonds is 2. The van der Waals surface area contributed by atoms with E-state index in [0.29, 0.717) is 12.2 Å². The van der Waals surface area contributed by atoms with Gasteiger partial charge in [-0.15, -0.1) is 0 Å². The molecule has 1 aromatic heterocycles. The van der Waals surface area contributed by atoms with Gasteiger partial charge in [-0.05, 0) is 30.7 Å². The summed E-state index contributed by atoms with van der Waals surface area (Å²) in [7, 11) is 2.09. The second-order valence-electron chi connectivity index (χ2n) is 6.96. The van der Waals surface area contributed by atoms with Crippen LogP contribution in [0.3, 0.4) is 0 Å². The maximum Gasteiger partial charge on any atom is 0.490 e. The van der Waals surface area contributed by atoms with E-state index in [2.05, 4.69) is 34.8 Å². The second kappa shape index (κ2) is 7.75.